The predicted molar refractivity (Wildman–Crippen MR) is 29.9 cm³/mol. The molecule has 1 atom stereocenters. The van der Waals surface area contributed by atoms with Crippen molar-refractivity contribution < 1.29 is 4.74 Å². The number of hydrogen-bond donors (Lipinski definition) is 1. The maximum atomic E-state index is 5.36. The molecule has 0 spiro atoms. The lowest BCUT2D eigenvalue weighted by atomic mass is 10.4. The van der Waals surface area contributed by atoms with Gasteiger partial charge in [-0.3, -0.25) is 0 Å². The van der Waals surface area contributed by atoms with Gasteiger partial charge in [-0.05, 0) is 13.3 Å². The zero-order chi connectivity index (χ0) is 5.70. The van der Waals surface area contributed by atoms with Crippen LogP contribution in [0, 0.1) is 0 Å². The molecular formula is C5H13NO. The second-order valence-electron chi connectivity index (χ2n) is 1.40. The molecule has 0 aliphatic rings. The Labute approximate surface area is 44.7 Å². The minimum absolute atomic E-state index is 0.0509. The minimum Gasteiger partial charge on any atom is -0.364 e. The molecule has 7 heavy (non-hydrogen) atoms. The van der Waals surface area contributed by atoms with Crippen molar-refractivity contribution in [3.8, 4) is 0 Å². The van der Waals surface area contributed by atoms with Crippen LogP contribution in [0.15, 0.2) is 0 Å². The van der Waals surface area contributed by atoms with E-state index >= 15 is 0 Å². The smallest absolute Gasteiger partial charge is 0.105 e. The van der Waals surface area contributed by atoms with E-state index in [1.165, 1.54) is 0 Å². The molecule has 1 unspecified atom stereocenters. The summed E-state index contributed by atoms with van der Waals surface area (Å²) in [5.74, 6) is 0. The van der Waals surface area contributed by atoms with Crippen molar-refractivity contribution in [1.29, 1.82) is 0 Å². The average Bonchev–Trinajstić information content (AvgIpc) is 1.68. The molecule has 0 amide bonds. The highest BCUT2D eigenvalue weighted by Crippen LogP contribution is 1.85. The topological polar surface area (TPSA) is 35.2 Å². The highest BCUT2D eigenvalue weighted by molar-refractivity contribution is 4.38. The first-order valence-electron chi connectivity index (χ1n) is 2.68. The van der Waals surface area contributed by atoms with E-state index in [0.29, 0.717) is 0 Å². The molecule has 2 N–H and O–H groups in total. The Morgan fingerprint density at radius 2 is 2.14 bits per heavy atom. The SMILES string of the molecule is CCOC(N)CC. The summed E-state index contributed by atoms with van der Waals surface area (Å²) in [6, 6.07) is 0. The Hall–Kier alpha value is -0.0800. The fourth-order valence-corrected chi connectivity index (χ4v) is 0.332. The summed E-state index contributed by atoms with van der Waals surface area (Å²) in [6.07, 6.45) is 0.846. The van der Waals surface area contributed by atoms with Crippen molar-refractivity contribution in [3.63, 3.8) is 0 Å². The predicted octanol–water partition coefficient (Wildman–Crippen LogP) is 0.718. The molecule has 0 saturated carbocycles. The van der Waals surface area contributed by atoms with Gasteiger partial charge in [0, 0.05) is 6.61 Å². The highest BCUT2D eigenvalue weighted by atomic mass is 16.5. The van der Waals surface area contributed by atoms with Crippen molar-refractivity contribution >= 4 is 0 Å². The zero-order valence-corrected chi connectivity index (χ0v) is 4.98. The van der Waals surface area contributed by atoms with Gasteiger partial charge in [0.1, 0.15) is 6.23 Å². The van der Waals surface area contributed by atoms with Crippen LogP contribution in [0.25, 0.3) is 0 Å². The Morgan fingerprint density at radius 3 is 2.29 bits per heavy atom. The van der Waals surface area contributed by atoms with Crippen molar-refractivity contribution in [3.05, 3.63) is 0 Å². The molecule has 2 heteroatoms. The standard InChI is InChI=1S/C5H13NO/c1-3-5(6)7-4-2/h5H,3-4,6H2,1-2H3. The quantitative estimate of drug-likeness (QED) is 0.534. The van der Waals surface area contributed by atoms with Crippen LogP contribution in [0.1, 0.15) is 20.3 Å². The van der Waals surface area contributed by atoms with Gasteiger partial charge in [0.15, 0.2) is 0 Å². The lowest BCUT2D eigenvalue weighted by molar-refractivity contribution is 0.0652. The van der Waals surface area contributed by atoms with Crippen molar-refractivity contribution in [2.75, 3.05) is 6.61 Å². The van der Waals surface area contributed by atoms with Gasteiger partial charge in [0.05, 0.1) is 0 Å². The summed E-state index contributed by atoms with van der Waals surface area (Å²) in [6.45, 7) is 4.66. The molecule has 0 bridgehead atoms. The first-order valence-corrected chi connectivity index (χ1v) is 2.68. The molecule has 0 fully saturated rings. The number of rotatable bonds is 3. The second kappa shape index (κ2) is 4.09. The Balaban J connectivity index is 2.83. The normalized spacial score (nSPS) is 14.1. The van der Waals surface area contributed by atoms with Crippen LogP contribution < -0.4 is 5.73 Å². The van der Waals surface area contributed by atoms with Crippen LogP contribution in [0.3, 0.4) is 0 Å². The molecule has 0 aromatic heterocycles. The van der Waals surface area contributed by atoms with E-state index in [1.807, 2.05) is 13.8 Å². The van der Waals surface area contributed by atoms with Gasteiger partial charge in [-0.1, -0.05) is 6.92 Å². The molecule has 44 valence electrons. The lowest BCUT2D eigenvalue weighted by Gasteiger charge is -2.05. The summed E-state index contributed by atoms with van der Waals surface area (Å²) in [5, 5.41) is 0. The summed E-state index contributed by atoms with van der Waals surface area (Å²) in [4.78, 5) is 0. The summed E-state index contributed by atoms with van der Waals surface area (Å²) in [7, 11) is 0. The molecular weight excluding hydrogens is 90.1 g/mol. The van der Waals surface area contributed by atoms with Crippen molar-refractivity contribution in [1.82, 2.24) is 0 Å². The van der Waals surface area contributed by atoms with E-state index in [4.69, 9.17) is 10.5 Å². The Bertz CT molecular complexity index is 39.1. The monoisotopic (exact) mass is 103 g/mol. The van der Waals surface area contributed by atoms with Gasteiger partial charge in [-0.15, -0.1) is 0 Å². The molecule has 2 nitrogen and oxygen atoms in total. The average molecular weight is 103 g/mol. The van der Waals surface area contributed by atoms with Crippen LogP contribution in [0.5, 0.6) is 0 Å². The molecule has 0 aliphatic carbocycles. The molecule has 0 heterocycles. The fraction of sp³-hybridized carbons (Fsp3) is 1.00. The van der Waals surface area contributed by atoms with E-state index < -0.39 is 0 Å². The molecule has 0 saturated heterocycles. The van der Waals surface area contributed by atoms with Gasteiger partial charge < -0.3 is 10.5 Å². The maximum Gasteiger partial charge on any atom is 0.105 e. The third kappa shape index (κ3) is 3.76. The van der Waals surface area contributed by atoms with Crippen LogP contribution in [-0.4, -0.2) is 12.8 Å². The number of ether oxygens (including phenoxy) is 1. The second-order valence-corrected chi connectivity index (χ2v) is 1.40. The Morgan fingerprint density at radius 1 is 1.57 bits per heavy atom. The number of hydrogen-bond acceptors (Lipinski definition) is 2. The zero-order valence-electron chi connectivity index (χ0n) is 4.98. The Kier molecular flexibility index (Phi) is 4.04. The number of nitrogens with two attached hydrogens (primary N) is 1. The van der Waals surface area contributed by atoms with Crippen LogP contribution in [0.2, 0.25) is 0 Å². The molecule has 0 aliphatic heterocycles. The molecule has 0 radical (unpaired) electrons. The summed E-state index contributed by atoms with van der Waals surface area (Å²) >= 11 is 0. The highest BCUT2D eigenvalue weighted by Gasteiger charge is 1.91. The largest absolute Gasteiger partial charge is 0.364 e. The van der Waals surface area contributed by atoms with Crippen molar-refractivity contribution in [2.24, 2.45) is 5.73 Å². The first kappa shape index (κ1) is 6.92. The summed E-state index contributed by atoms with van der Waals surface area (Å²) < 4.78 is 4.97. The van der Waals surface area contributed by atoms with E-state index in [1.54, 1.807) is 0 Å². The van der Waals surface area contributed by atoms with Gasteiger partial charge in [0.2, 0.25) is 0 Å². The lowest BCUT2D eigenvalue weighted by Crippen LogP contribution is -2.21. The minimum atomic E-state index is -0.0509. The fourth-order valence-electron chi connectivity index (χ4n) is 0.332. The van der Waals surface area contributed by atoms with E-state index in [2.05, 4.69) is 0 Å². The van der Waals surface area contributed by atoms with Crippen LogP contribution in [0.4, 0.5) is 0 Å². The van der Waals surface area contributed by atoms with Gasteiger partial charge in [-0.2, -0.15) is 0 Å². The van der Waals surface area contributed by atoms with Gasteiger partial charge in [0.25, 0.3) is 0 Å². The van der Waals surface area contributed by atoms with Gasteiger partial charge >= 0.3 is 0 Å². The van der Waals surface area contributed by atoms with Crippen LogP contribution in [-0.2, 0) is 4.74 Å². The van der Waals surface area contributed by atoms with Crippen LogP contribution >= 0.6 is 0 Å². The molecule has 0 aromatic carbocycles. The van der Waals surface area contributed by atoms with E-state index in [-0.39, 0.29) is 6.23 Å². The third-order valence-electron chi connectivity index (χ3n) is 0.783. The van der Waals surface area contributed by atoms with E-state index in [9.17, 15) is 0 Å². The maximum absolute atomic E-state index is 5.36. The van der Waals surface area contributed by atoms with E-state index in [0.717, 1.165) is 13.0 Å². The first-order chi connectivity index (χ1) is 3.31. The molecule has 0 aromatic rings. The third-order valence-corrected chi connectivity index (χ3v) is 0.783. The summed E-state index contributed by atoms with van der Waals surface area (Å²) in [5.41, 5.74) is 5.36. The molecule has 0 rings (SSSR count). The van der Waals surface area contributed by atoms with Gasteiger partial charge in [-0.25, -0.2) is 0 Å². The van der Waals surface area contributed by atoms with Crippen molar-refractivity contribution in [2.45, 2.75) is 26.5 Å².